The number of aliphatic carboxylic acids is 2. The highest BCUT2D eigenvalue weighted by Crippen LogP contribution is 2.22. The molecule has 0 radical (unpaired) electrons. The molecule has 1 aromatic carbocycles. The van der Waals surface area contributed by atoms with Crippen LogP contribution < -0.4 is 4.74 Å². The molecule has 0 spiro atoms. The van der Waals surface area contributed by atoms with Gasteiger partial charge in [-0.15, -0.1) is 0 Å². The number of rotatable bonds is 6. The molecule has 0 amide bonds. The lowest BCUT2D eigenvalue weighted by atomic mass is 10.0. The number of benzene rings is 1. The van der Waals surface area contributed by atoms with E-state index in [1.54, 1.807) is 0 Å². The van der Waals surface area contributed by atoms with Crippen LogP contribution >= 0.6 is 11.6 Å². The largest absolute Gasteiger partial charge is 0.494 e. The highest BCUT2D eigenvalue weighted by Gasteiger charge is 2.15. The molecule has 1 aromatic rings. The van der Waals surface area contributed by atoms with Gasteiger partial charge in [0.05, 0.1) is 6.61 Å². The van der Waals surface area contributed by atoms with Crippen LogP contribution in [0.1, 0.15) is 38.7 Å². The maximum atomic E-state index is 9.10. The number of ether oxygens (including phenoxy) is 1. The van der Waals surface area contributed by atoms with Crippen molar-refractivity contribution in [3.05, 3.63) is 28.8 Å². The number of likely N-dealkylation sites (tertiary alicyclic amines) is 1. The topological polar surface area (TPSA) is 87.1 Å². The Morgan fingerprint density at radius 3 is 2.58 bits per heavy atom. The Labute approximate surface area is 159 Å². The molecule has 2 rings (SSSR count). The van der Waals surface area contributed by atoms with E-state index >= 15 is 0 Å². The van der Waals surface area contributed by atoms with Crippen molar-refractivity contribution in [2.45, 2.75) is 39.5 Å². The van der Waals surface area contributed by atoms with Gasteiger partial charge in [0.2, 0.25) is 0 Å². The molecular formula is C19H28ClNO5. The van der Waals surface area contributed by atoms with Gasteiger partial charge in [-0.25, -0.2) is 9.59 Å². The predicted molar refractivity (Wildman–Crippen MR) is 101 cm³/mol. The van der Waals surface area contributed by atoms with E-state index in [-0.39, 0.29) is 0 Å². The van der Waals surface area contributed by atoms with E-state index in [1.165, 1.54) is 25.9 Å². The molecule has 1 heterocycles. The number of nitrogens with zero attached hydrogens (tertiary/aromatic N) is 1. The minimum Gasteiger partial charge on any atom is -0.494 e. The molecule has 0 bridgehead atoms. The van der Waals surface area contributed by atoms with Crippen molar-refractivity contribution >= 4 is 23.5 Å². The molecule has 2 N–H and O–H groups in total. The van der Waals surface area contributed by atoms with E-state index in [2.05, 4.69) is 24.8 Å². The summed E-state index contributed by atoms with van der Waals surface area (Å²) in [6.45, 7) is 8.91. The Hall–Kier alpha value is -1.79. The maximum absolute atomic E-state index is 9.10. The molecule has 1 fully saturated rings. The summed E-state index contributed by atoms with van der Waals surface area (Å²) in [7, 11) is 0. The second-order valence-electron chi connectivity index (χ2n) is 6.47. The fourth-order valence-electron chi connectivity index (χ4n) is 2.88. The minimum atomic E-state index is -1.82. The summed E-state index contributed by atoms with van der Waals surface area (Å²) in [6.07, 6.45) is 4.77. The van der Waals surface area contributed by atoms with Crippen LogP contribution in [0.3, 0.4) is 0 Å². The van der Waals surface area contributed by atoms with Gasteiger partial charge in [-0.1, -0.05) is 25.4 Å². The lowest BCUT2D eigenvalue weighted by Crippen LogP contribution is -2.35. The van der Waals surface area contributed by atoms with E-state index in [4.69, 9.17) is 36.1 Å². The first-order valence-corrected chi connectivity index (χ1v) is 9.31. The molecule has 6 nitrogen and oxygen atoms in total. The van der Waals surface area contributed by atoms with Crippen LogP contribution in [-0.2, 0) is 16.0 Å². The second kappa shape index (κ2) is 11.8. The number of piperidine rings is 1. The Bertz CT molecular complexity index is 581. The van der Waals surface area contributed by atoms with Crippen molar-refractivity contribution in [2.24, 2.45) is 5.92 Å². The summed E-state index contributed by atoms with van der Waals surface area (Å²) in [5.41, 5.74) is 1.16. The van der Waals surface area contributed by atoms with E-state index in [9.17, 15) is 0 Å². The van der Waals surface area contributed by atoms with E-state index in [1.807, 2.05) is 12.1 Å². The fraction of sp³-hybridized carbons (Fsp3) is 0.579. The molecule has 1 aliphatic rings. The molecule has 1 saturated heterocycles. The predicted octanol–water partition coefficient (Wildman–Crippen LogP) is 3.56. The molecule has 0 saturated carbocycles. The van der Waals surface area contributed by atoms with Gasteiger partial charge < -0.3 is 19.8 Å². The van der Waals surface area contributed by atoms with Gasteiger partial charge in [0.25, 0.3) is 0 Å². The van der Waals surface area contributed by atoms with E-state index in [0.717, 1.165) is 48.2 Å². The number of carboxylic acids is 2. The third kappa shape index (κ3) is 8.54. The third-order valence-corrected chi connectivity index (χ3v) is 4.58. The smallest absolute Gasteiger partial charge is 0.414 e. The van der Waals surface area contributed by atoms with Crippen molar-refractivity contribution in [1.29, 1.82) is 0 Å². The molecule has 1 atom stereocenters. The van der Waals surface area contributed by atoms with Crippen molar-refractivity contribution in [2.75, 3.05) is 26.2 Å². The number of hydrogen-bond acceptors (Lipinski definition) is 4. The molecule has 0 aromatic heterocycles. The van der Waals surface area contributed by atoms with E-state index < -0.39 is 11.9 Å². The maximum Gasteiger partial charge on any atom is 0.414 e. The summed E-state index contributed by atoms with van der Waals surface area (Å²) in [6, 6.07) is 5.96. The van der Waals surface area contributed by atoms with Crippen LogP contribution in [0.5, 0.6) is 5.75 Å². The average molecular weight is 386 g/mol. The molecule has 0 aliphatic carbocycles. The Morgan fingerprint density at radius 1 is 1.31 bits per heavy atom. The summed E-state index contributed by atoms with van der Waals surface area (Å²) in [5.74, 6) is -1.85. The highest BCUT2D eigenvalue weighted by molar-refractivity contribution is 6.31. The molecule has 1 unspecified atom stereocenters. The van der Waals surface area contributed by atoms with Crippen LogP contribution in [-0.4, -0.2) is 53.3 Å². The van der Waals surface area contributed by atoms with Gasteiger partial charge in [-0.3, -0.25) is 0 Å². The number of carboxylic acid groups (broad SMARTS) is 2. The molecular weight excluding hydrogens is 358 g/mol. The fourth-order valence-corrected chi connectivity index (χ4v) is 3.13. The van der Waals surface area contributed by atoms with Gasteiger partial charge in [0.1, 0.15) is 5.75 Å². The monoisotopic (exact) mass is 385 g/mol. The number of hydrogen-bond donors (Lipinski definition) is 2. The first-order chi connectivity index (χ1) is 12.3. The summed E-state index contributed by atoms with van der Waals surface area (Å²) in [4.78, 5) is 20.8. The van der Waals surface area contributed by atoms with Crippen LogP contribution in [0.15, 0.2) is 18.2 Å². The first-order valence-electron chi connectivity index (χ1n) is 8.93. The van der Waals surface area contributed by atoms with Crippen molar-refractivity contribution in [3.8, 4) is 5.75 Å². The quantitative estimate of drug-likeness (QED) is 0.575. The van der Waals surface area contributed by atoms with Gasteiger partial charge >= 0.3 is 11.9 Å². The van der Waals surface area contributed by atoms with Crippen molar-refractivity contribution < 1.29 is 24.5 Å². The number of halogens is 1. The van der Waals surface area contributed by atoms with Crippen LogP contribution in [0.4, 0.5) is 0 Å². The Balaban J connectivity index is 0.000000487. The van der Waals surface area contributed by atoms with Crippen LogP contribution in [0, 0.1) is 5.92 Å². The average Bonchev–Trinajstić information content (AvgIpc) is 2.60. The standard InChI is InChI=1S/C17H26ClNO.C2H2O4/c1-3-15-12-16(7-8-17(15)18)20-11-5-10-19-9-4-6-14(2)13-19;3-1(4)2(5)6/h7-8,12,14H,3-6,9-11,13H2,1-2H3;(H,3,4)(H,5,6). The Morgan fingerprint density at radius 2 is 2.00 bits per heavy atom. The molecule has 7 heteroatoms. The van der Waals surface area contributed by atoms with Gasteiger partial charge in [-0.05, 0) is 61.9 Å². The lowest BCUT2D eigenvalue weighted by Gasteiger charge is -2.30. The Kier molecular flexibility index (Phi) is 10.1. The number of carbonyl (C=O) groups is 2. The summed E-state index contributed by atoms with van der Waals surface area (Å²) < 4.78 is 5.84. The number of aryl methyl sites for hydroxylation is 1. The summed E-state index contributed by atoms with van der Waals surface area (Å²) >= 11 is 6.11. The van der Waals surface area contributed by atoms with Crippen molar-refractivity contribution in [1.82, 2.24) is 4.90 Å². The van der Waals surface area contributed by atoms with Gasteiger partial charge in [-0.2, -0.15) is 0 Å². The molecule has 1 aliphatic heterocycles. The van der Waals surface area contributed by atoms with Gasteiger partial charge in [0.15, 0.2) is 0 Å². The van der Waals surface area contributed by atoms with E-state index in [0.29, 0.717) is 0 Å². The van der Waals surface area contributed by atoms with Gasteiger partial charge in [0, 0.05) is 18.1 Å². The van der Waals surface area contributed by atoms with Crippen LogP contribution in [0.2, 0.25) is 5.02 Å². The zero-order valence-electron chi connectivity index (χ0n) is 15.4. The third-order valence-electron chi connectivity index (χ3n) is 4.21. The highest BCUT2D eigenvalue weighted by atomic mass is 35.5. The zero-order chi connectivity index (χ0) is 19.5. The minimum absolute atomic E-state index is 0.787. The summed E-state index contributed by atoms with van der Waals surface area (Å²) in [5, 5.41) is 15.6. The second-order valence-corrected chi connectivity index (χ2v) is 6.87. The van der Waals surface area contributed by atoms with Crippen LogP contribution in [0.25, 0.3) is 0 Å². The first kappa shape index (κ1) is 22.3. The van der Waals surface area contributed by atoms with Crippen molar-refractivity contribution in [3.63, 3.8) is 0 Å². The molecule has 26 heavy (non-hydrogen) atoms. The molecule has 146 valence electrons. The normalized spacial score (nSPS) is 17.1. The SMILES string of the molecule is CCc1cc(OCCCN2CCCC(C)C2)ccc1Cl.O=C(O)C(=O)O. The zero-order valence-corrected chi connectivity index (χ0v) is 16.2. The lowest BCUT2D eigenvalue weighted by molar-refractivity contribution is -0.159.